The van der Waals surface area contributed by atoms with Crippen LogP contribution in [-0.2, 0) is 13.0 Å². The Balaban J connectivity index is 1.96. The lowest BCUT2D eigenvalue weighted by molar-refractivity contribution is 0.263. The van der Waals surface area contributed by atoms with E-state index in [1.54, 1.807) is 24.5 Å². The van der Waals surface area contributed by atoms with E-state index in [2.05, 4.69) is 11.4 Å². The molecule has 0 aliphatic rings. The Morgan fingerprint density at radius 2 is 2.17 bits per heavy atom. The zero-order valence-corrected chi connectivity index (χ0v) is 11.1. The number of aliphatic hydroxyl groups is 1. The maximum absolute atomic E-state index is 9.29. The molecule has 0 aliphatic heterocycles. The fraction of sp³-hybridized carbons (Fsp3) is 0.286. The van der Waals surface area contributed by atoms with Gasteiger partial charge in [0.1, 0.15) is 11.5 Å². The second kappa shape index (κ2) is 6.42. The number of methoxy groups -OCH3 is 1. The van der Waals surface area contributed by atoms with Gasteiger partial charge in [-0.1, -0.05) is 6.07 Å². The Morgan fingerprint density at radius 1 is 1.28 bits per heavy atom. The second-order valence-electron chi connectivity index (χ2n) is 3.81. The van der Waals surface area contributed by atoms with Gasteiger partial charge in [0.2, 0.25) is 0 Å². The van der Waals surface area contributed by atoms with Crippen molar-refractivity contribution in [2.75, 3.05) is 13.7 Å². The monoisotopic (exact) mass is 264 g/mol. The largest absolute Gasteiger partial charge is 0.497 e. The van der Waals surface area contributed by atoms with Crippen LogP contribution in [0.4, 0.5) is 0 Å². The quantitative estimate of drug-likeness (QED) is 0.872. The first-order valence-electron chi connectivity index (χ1n) is 5.76. The standard InChI is InChI=1S/C14H16O3S/c1-16-12-4-5-14(11(9-12)10-15)17-7-6-13-3-2-8-18-13/h2-5,8-9,15H,6-7,10H2,1H3. The van der Waals surface area contributed by atoms with Crippen LogP contribution in [0.15, 0.2) is 35.7 Å². The van der Waals surface area contributed by atoms with Crippen LogP contribution in [0.3, 0.4) is 0 Å². The van der Waals surface area contributed by atoms with Crippen molar-refractivity contribution in [1.29, 1.82) is 0 Å². The average Bonchev–Trinajstić information content (AvgIpc) is 2.92. The molecular formula is C14H16O3S. The van der Waals surface area contributed by atoms with Gasteiger partial charge >= 0.3 is 0 Å². The molecule has 0 fully saturated rings. The van der Waals surface area contributed by atoms with E-state index in [4.69, 9.17) is 9.47 Å². The molecule has 0 amide bonds. The Labute approximate surface area is 111 Å². The van der Waals surface area contributed by atoms with Crippen LogP contribution in [0.5, 0.6) is 11.5 Å². The molecule has 0 saturated heterocycles. The summed E-state index contributed by atoms with van der Waals surface area (Å²) in [6.45, 7) is 0.561. The molecule has 0 spiro atoms. The van der Waals surface area contributed by atoms with Gasteiger partial charge in [0.15, 0.2) is 0 Å². The number of thiophene rings is 1. The van der Waals surface area contributed by atoms with E-state index >= 15 is 0 Å². The van der Waals surface area contributed by atoms with E-state index in [-0.39, 0.29) is 6.61 Å². The molecule has 1 aromatic carbocycles. The molecule has 0 atom stereocenters. The van der Waals surface area contributed by atoms with E-state index in [0.29, 0.717) is 6.61 Å². The van der Waals surface area contributed by atoms with Crippen molar-refractivity contribution in [1.82, 2.24) is 0 Å². The van der Waals surface area contributed by atoms with Crippen LogP contribution in [0, 0.1) is 0 Å². The highest BCUT2D eigenvalue weighted by atomic mass is 32.1. The van der Waals surface area contributed by atoms with Crippen molar-refractivity contribution < 1.29 is 14.6 Å². The minimum atomic E-state index is -0.0501. The van der Waals surface area contributed by atoms with Crippen molar-refractivity contribution in [2.45, 2.75) is 13.0 Å². The zero-order chi connectivity index (χ0) is 12.8. The van der Waals surface area contributed by atoms with Gasteiger partial charge in [-0.2, -0.15) is 0 Å². The zero-order valence-electron chi connectivity index (χ0n) is 10.3. The lowest BCUT2D eigenvalue weighted by Gasteiger charge is -2.11. The Hall–Kier alpha value is -1.52. The molecule has 0 unspecified atom stereocenters. The van der Waals surface area contributed by atoms with Gasteiger partial charge in [0.25, 0.3) is 0 Å². The lowest BCUT2D eigenvalue weighted by Crippen LogP contribution is -2.02. The molecule has 1 N–H and O–H groups in total. The van der Waals surface area contributed by atoms with Gasteiger partial charge in [-0.15, -0.1) is 11.3 Å². The number of benzene rings is 1. The summed E-state index contributed by atoms with van der Waals surface area (Å²) in [6.07, 6.45) is 0.883. The van der Waals surface area contributed by atoms with E-state index < -0.39 is 0 Å². The third-order valence-electron chi connectivity index (χ3n) is 2.62. The lowest BCUT2D eigenvalue weighted by atomic mass is 10.2. The molecular weight excluding hydrogens is 248 g/mol. The second-order valence-corrected chi connectivity index (χ2v) is 4.84. The molecule has 1 heterocycles. The third-order valence-corrected chi connectivity index (χ3v) is 3.56. The number of rotatable bonds is 6. The maximum atomic E-state index is 9.29. The summed E-state index contributed by atoms with van der Waals surface area (Å²) in [7, 11) is 1.60. The summed E-state index contributed by atoms with van der Waals surface area (Å²) < 4.78 is 10.8. The first-order chi connectivity index (χ1) is 8.83. The van der Waals surface area contributed by atoms with Crippen LogP contribution >= 0.6 is 11.3 Å². The number of hydrogen-bond donors (Lipinski definition) is 1. The maximum Gasteiger partial charge on any atom is 0.125 e. The normalized spacial score (nSPS) is 10.3. The molecule has 18 heavy (non-hydrogen) atoms. The van der Waals surface area contributed by atoms with E-state index in [1.165, 1.54) is 4.88 Å². The summed E-state index contributed by atoms with van der Waals surface area (Å²) in [4.78, 5) is 1.30. The fourth-order valence-electron chi connectivity index (χ4n) is 1.66. The Bertz CT molecular complexity index is 480. The Morgan fingerprint density at radius 3 is 2.83 bits per heavy atom. The first-order valence-corrected chi connectivity index (χ1v) is 6.64. The molecule has 96 valence electrons. The number of ether oxygens (including phenoxy) is 2. The van der Waals surface area contributed by atoms with Crippen LogP contribution in [0.2, 0.25) is 0 Å². The number of aliphatic hydroxyl groups excluding tert-OH is 1. The molecule has 0 saturated carbocycles. The van der Waals surface area contributed by atoms with Crippen LogP contribution < -0.4 is 9.47 Å². The van der Waals surface area contributed by atoms with Crippen molar-refractivity contribution in [3.05, 3.63) is 46.2 Å². The molecule has 0 bridgehead atoms. The Kier molecular flexibility index (Phi) is 4.61. The predicted octanol–water partition coefficient (Wildman–Crippen LogP) is 2.87. The highest BCUT2D eigenvalue weighted by molar-refractivity contribution is 7.09. The van der Waals surface area contributed by atoms with Gasteiger partial charge in [-0.05, 0) is 29.6 Å². The smallest absolute Gasteiger partial charge is 0.125 e. The highest BCUT2D eigenvalue weighted by Crippen LogP contribution is 2.24. The molecule has 2 rings (SSSR count). The minimum absolute atomic E-state index is 0.0501. The highest BCUT2D eigenvalue weighted by Gasteiger charge is 2.05. The molecule has 3 nitrogen and oxygen atoms in total. The summed E-state index contributed by atoms with van der Waals surface area (Å²) in [5.74, 6) is 1.44. The molecule has 0 radical (unpaired) electrons. The van der Waals surface area contributed by atoms with E-state index in [1.807, 2.05) is 18.2 Å². The van der Waals surface area contributed by atoms with E-state index in [9.17, 15) is 5.11 Å². The average molecular weight is 264 g/mol. The van der Waals surface area contributed by atoms with Crippen LogP contribution in [0.25, 0.3) is 0 Å². The fourth-order valence-corrected chi connectivity index (χ4v) is 2.35. The van der Waals surface area contributed by atoms with E-state index in [0.717, 1.165) is 23.5 Å². The van der Waals surface area contributed by atoms with Gasteiger partial charge in [-0.25, -0.2) is 0 Å². The predicted molar refractivity (Wildman–Crippen MR) is 72.4 cm³/mol. The van der Waals surface area contributed by atoms with Crippen molar-refractivity contribution in [3.63, 3.8) is 0 Å². The van der Waals surface area contributed by atoms with Gasteiger partial charge in [0.05, 0.1) is 20.3 Å². The van der Waals surface area contributed by atoms with Crippen LogP contribution in [0.1, 0.15) is 10.4 Å². The van der Waals surface area contributed by atoms with Gasteiger partial charge in [-0.3, -0.25) is 0 Å². The third kappa shape index (κ3) is 3.24. The molecule has 4 heteroatoms. The summed E-state index contributed by atoms with van der Waals surface area (Å²) >= 11 is 1.72. The first kappa shape index (κ1) is 12.9. The van der Waals surface area contributed by atoms with Gasteiger partial charge < -0.3 is 14.6 Å². The number of hydrogen-bond acceptors (Lipinski definition) is 4. The minimum Gasteiger partial charge on any atom is -0.497 e. The summed E-state index contributed by atoms with van der Waals surface area (Å²) in [5.41, 5.74) is 0.750. The summed E-state index contributed by atoms with van der Waals surface area (Å²) in [5, 5.41) is 11.3. The van der Waals surface area contributed by atoms with Crippen molar-refractivity contribution >= 4 is 11.3 Å². The van der Waals surface area contributed by atoms with Gasteiger partial charge in [0, 0.05) is 16.9 Å². The molecule has 0 aliphatic carbocycles. The molecule has 1 aromatic heterocycles. The SMILES string of the molecule is COc1ccc(OCCc2cccs2)c(CO)c1. The van der Waals surface area contributed by atoms with Crippen LogP contribution in [-0.4, -0.2) is 18.8 Å². The van der Waals surface area contributed by atoms with Crippen molar-refractivity contribution in [3.8, 4) is 11.5 Å². The summed E-state index contributed by atoms with van der Waals surface area (Å²) in [6, 6.07) is 9.58. The topological polar surface area (TPSA) is 38.7 Å². The van der Waals surface area contributed by atoms with Crippen molar-refractivity contribution in [2.24, 2.45) is 0 Å². The molecule has 2 aromatic rings.